The lowest BCUT2D eigenvalue weighted by Gasteiger charge is -2.46. The van der Waals surface area contributed by atoms with Crippen molar-refractivity contribution >= 4 is 44.2 Å². The van der Waals surface area contributed by atoms with Crippen molar-refractivity contribution in [1.82, 2.24) is 4.90 Å². The molecule has 3 heterocycles. The molecule has 168 valence electrons. The summed E-state index contributed by atoms with van der Waals surface area (Å²) in [6, 6.07) is 10.6. The van der Waals surface area contributed by atoms with Crippen LogP contribution in [0.4, 0.5) is 11.4 Å². The minimum Gasteiger partial charge on any atom is -0.477 e. The third-order valence-electron chi connectivity index (χ3n) is 6.91. The number of carboxylic acid groups (broad SMARTS) is 1. The van der Waals surface area contributed by atoms with E-state index in [9.17, 15) is 28.2 Å². The number of aliphatic carboxylic acids is 1. The number of β-lactam (4-membered cyclic amide) rings is 1. The number of carboxylic acids is 1. The largest absolute Gasteiger partial charge is 0.477 e. The van der Waals surface area contributed by atoms with Crippen LogP contribution in [0.2, 0.25) is 0 Å². The van der Waals surface area contributed by atoms with Crippen molar-refractivity contribution in [2.45, 2.75) is 26.0 Å². The summed E-state index contributed by atoms with van der Waals surface area (Å²) in [5, 5.41) is 21.6. The van der Waals surface area contributed by atoms with Gasteiger partial charge in [-0.15, -0.1) is 0 Å². The second-order valence-electron chi connectivity index (χ2n) is 8.60. The molecule has 2 aromatic carbocycles. The van der Waals surface area contributed by atoms with Gasteiger partial charge >= 0.3 is 16.2 Å². The highest BCUT2D eigenvalue weighted by Gasteiger charge is 2.60. The Hall–Kier alpha value is -3.11. The van der Waals surface area contributed by atoms with Gasteiger partial charge < -0.3 is 15.1 Å². The van der Waals surface area contributed by atoms with Gasteiger partial charge in [-0.05, 0) is 35.4 Å². The Bertz CT molecular complexity index is 1320. The van der Waals surface area contributed by atoms with Gasteiger partial charge in [-0.3, -0.25) is 9.10 Å². The standard InChI is InChI=1S/C22H23N3O6S/c1-11-15(20(22(28)29)25-19(11)18(12(2)26)21(25)27)10-24-17-9-14-7-5-4-6-13(14)8-16(17)23(3)32(24,30)31/h4-9,11-12,18-19,26H,10H2,1-3H3,(H,28,29). The summed E-state index contributed by atoms with van der Waals surface area (Å²) in [4.78, 5) is 25.9. The first-order chi connectivity index (χ1) is 15.1. The Balaban J connectivity index is 1.62. The third kappa shape index (κ3) is 2.56. The molecule has 2 aromatic rings. The van der Waals surface area contributed by atoms with Crippen LogP contribution < -0.4 is 8.61 Å². The number of amides is 1. The monoisotopic (exact) mass is 457 g/mol. The number of fused-ring (bicyclic) bond motifs is 3. The second kappa shape index (κ2) is 6.69. The molecule has 0 bridgehead atoms. The van der Waals surface area contributed by atoms with Crippen LogP contribution in [0.1, 0.15) is 13.8 Å². The number of aliphatic hydroxyl groups excluding tert-OH is 1. The van der Waals surface area contributed by atoms with Crippen molar-refractivity contribution in [2.24, 2.45) is 11.8 Å². The van der Waals surface area contributed by atoms with Crippen molar-refractivity contribution in [2.75, 3.05) is 22.2 Å². The Kier molecular flexibility index (Phi) is 4.35. The molecule has 0 saturated carbocycles. The van der Waals surface area contributed by atoms with Crippen LogP contribution in [0, 0.1) is 11.8 Å². The highest BCUT2D eigenvalue weighted by Crippen LogP contribution is 2.49. The zero-order chi connectivity index (χ0) is 23.1. The number of carbonyl (C=O) groups is 2. The lowest BCUT2D eigenvalue weighted by Crippen LogP contribution is -2.63. The zero-order valence-electron chi connectivity index (χ0n) is 17.8. The predicted octanol–water partition coefficient (Wildman–Crippen LogP) is 1.54. The Morgan fingerprint density at radius 3 is 2.31 bits per heavy atom. The summed E-state index contributed by atoms with van der Waals surface area (Å²) in [6.45, 7) is 3.10. The van der Waals surface area contributed by atoms with E-state index in [0.717, 1.165) is 10.8 Å². The average Bonchev–Trinajstić information content (AvgIpc) is 3.07. The minimum atomic E-state index is -3.93. The molecule has 2 N–H and O–H groups in total. The van der Waals surface area contributed by atoms with Gasteiger partial charge in [0.25, 0.3) is 0 Å². The molecular weight excluding hydrogens is 434 g/mol. The van der Waals surface area contributed by atoms with Crippen LogP contribution >= 0.6 is 0 Å². The number of hydrogen-bond donors (Lipinski definition) is 2. The van der Waals surface area contributed by atoms with Crippen LogP contribution in [0.25, 0.3) is 10.8 Å². The number of nitrogens with zero attached hydrogens (tertiary/aromatic N) is 3. The summed E-state index contributed by atoms with van der Waals surface area (Å²) in [7, 11) is -2.47. The molecule has 1 amide bonds. The smallest absolute Gasteiger partial charge is 0.352 e. The fourth-order valence-electron chi connectivity index (χ4n) is 5.24. The van der Waals surface area contributed by atoms with Crippen molar-refractivity contribution in [3.8, 4) is 0 Å². The summed E-state index contributed by atoms with van der Waals surface area (Å²) in [5.41, 5.74) is 1.14. The van der Waals surface area contributed by atoms with E-state index >= 15 is 0 Å². The third-order valence-corrected chi connectivity index (χ3v) is 8.68. The first-order valence-corrected chi connectivity index (χ1v) is 11.7. The molecule has 1 fully saturated rings. The molecule has 5 rings (SSSR count). The fourth-order valence-corrected chi connectivity index (χ4v) is 6.63. The second-order valence-corrected chi connectivity index (χ2v) is 10.5. The maximum absolute atomic E-state index is 13.3. The number of anilines is 2. The molecule has 0 aromatic heterocycles. The van der Waals surface area contributed by atoms with E-state index in [2.05, 4.69) is 0 Å². The summed E-state index contributed by atoms with van der Waals surface area (Å²) < 4.78 is 28.9. The van der Waals surface area contributed by atoms with Crippen molar-refractivity contribution in [3.63, 3.8) is 0 Å². The lowest BCUT2D eigenvalue weighted by molar-refractivity contribution is -0.163. The first kappa shape index (κ1) is 20.8. The average molecular weight is 458 g/mol. The van der Waals surface area contributed by atoms with Crippen molar-refractivity contribution in [1.29, 1.82) is 0 Å². The first-order valence-electron chi connectivity index (χ1n) is 10.3. The van der Waals surface area contributed by atoms with E-state index in [4.69, 9.17) is 0 Å². The molecular formula is C22H23N3O6S. The Morgan fingerprint density at radius 1 is 1.16 bits per heavy atom. The van der Waals surface area contributed by atoms with E-state index in [1.54, 1.807) is 19.1 Å². The van der Waals surface area contributed by atoms with Crippen LogP contribution in [0.3, 0.4) is 0 Å². The number of rotatable bonds is 4. The molecule has 1 saturated heterocycles. The summed E-state index contributed by atoms with van der Waals surface area (Å²) in [5.74, 6) is -2.85. The van der Waals surface area contributed by atoms with Gasteiger partial charge in [0.2, 0.25) is 5.91 Å². The van der Waals surface area contributed by atoms with E-state index < -0.39 is 46.1 Å². The molecule has 10 heteroatoms. The van der Waals surface area contributed by atoms with Gasteiger partial charge in [0.05, 0.1) is 36.0 Å². The molecule has 0 aliphatic carbocycles. The number of carbonyl (C=O) groups excluding carboxylic acids is 1. The van der Waals surface area contributed by atoms with E-state index in [1.165, 1.54) is 27.5 Å². The fraction of sp³-hybridized carbons (Fsp3) is 0.364. The number of aliphatic hydroxyl groups is 1. The molecule has 0 spiro atoms. The lowest BCUT2D eigenvalue weighted by atomic mass is 9.78. The van der Waals surface area contributed by atoms with E-state index in [0.29, 0.717) is 16.9 Å². The molecule has 32 heavy (non-hydrogen) atoms. The van der Waals surface area contributed by atoms with Gasteiger partial charge in [0, 0.05) is 13.0 Å². The predicted molar refractivity (Wildman–Crippen MR) is 118 cm³/mol. The summed E-state index contributed by atoms with van der Waals surface area (Å²) in [6.07, 6.45) is -0.922. The van der Waals surface area contributed by atoms with Crippen molar-refractivity contribution < 1.29 is 28.2 Å². The highest BCUT2D eigenvalue weighted by molar-refractivity contribution is 7.94. The van der Waals surface area contributed by atoms with Gasteiger partial charge in [-0.1, -0.05) is 31.2 Å². The van der Waals surface area contributed by atoms with Gasteiger partial charge in [-0.25, -0.2) is 9.10 Å². The molecule has 9 nitrogen and oxygen atoms in total. The Labute approximate surface area is 185 Å². The topological polar surface area (TPSA) is 118 Å². The van der Waals surface area contributed by atoms with Crippen LogP contribution in [-0.4, -0.2) is 61.1 Å². The molecule has 3 aliphatic heterocycles. The number of benzene rings is 2. The van der Waals surface area contributed by atoms with Crippen LogP contribution in [0.5, 0.6) is 0 Å². The summed E-state index contributed by atoms with van der Waals surface area (Å²) >= 11 is 0. The van der Waals surface area contributed by atoms with Gasteiger partial charge in [-0.2, -0.15) is 8.42 Å². The SMILES string of the molecule is CC(O)C1C(=O)N2C(C(=O)O)=C(CN3c4cc5ccccc5cc4N(C)S3(=O)=O)C(C)C12. The van der Waals surface area contributed by atoms with Crippen LogP contribution in [-0.2, 0) is 19.8 Å². The molecule has 4 unspecified atom stereocenters. The Morgan fingerprint density at radius 2 is 1.75 bits per heavy atom. The molecule has 0 radical (unpaired) electrons. The minimum absolute atomic E-state index is 0.184. The highest BCUT2D eigenvalue weighted by atomic mass is 32.2. The zero-order valence-corrected chi connectivity index (χ0v) is 18.6. The van der Waals surface area contributed by atoms with E-state index in [1.807, 2.05) is 24.3 Å². The van der Waals surface area contributed by atoms with Gasteiger partial charge in [0.15, 0.2) is 0 Å². The molecule has 4 atom stereocenters. The van der Waals surface area contributed by atoms with Crippen molar-refractivity contribution in [3.05, 3.63) is 47.7 Å². The maximum Gasteiger partial charge on any atom is 0.352 e. The van der Waals surface area contributed by atoms with E-state index in [-0.39, 0.29) is 12.2 Å². The van der Waals surface area contributed by atoms with Gasteiger partial charge in [0.1, 0.15) is 5.70 Å². The normalized spacial score (nSPS) is 26.9. The van der Waals surface area contributed by atoms with Crippen LogP contribution in [0.15, 0.2) is 47.7 Å². The number of hydrogen-bond acceptors (Lipinski definition) is 5. The maximum atomic E-state index is 13.3. The quantitative estimate of drug-likeness (QED) is 0.673. The molecule has 3 aliphatic rings.